The lowest BCUT2D eigenvalue weighted by atomic mass is 10.1. The molecule has 1 atom stereocenters. The normalized spacial score (nSPS) is 11.9. The van der Waals surface area contributed by atoms with Crippen molar-refractivity contribution in [2.75, 3.05) is 5.32 Å². The van der Waals surface area contributed by atoms with Crippen molar-refractivity contribution in [3.63, 3.8) is 0 Å². The minimum atomic E-state index is 0.252. The van der Waals surface area contributed by atoms with Gasteiger partial charge in [-0.05, 0) is 38.0 Å². The highest BCUT2D eigenvalue weighted by atomic mass is 16.5. The Balaban J connectivity index is 1.95. The number of benzene rings is 2. The molecular weight excluding hydrogens is 246 g/mol. The van der Waals surface area contributed by atoms with E-state index < -0.39 is 0 Å². The van der Waals surface area contributed by atoms with Crippen LogP contribution in [0.5, 0.6) is 5.75 Å². The monoisotopic (exact) mass is 269 g/mol. The van der Waals surface area contributed by atoms with Crippen LogP contribution in [-0.2, 0) is 6.54 Å². The van der Waals surface area contributed by atoms with Crippen molar-refractivity contribution in [3.05, 3.63) is 59.7 Å². The van der Waals surface area contributed by atoms with E-state index in [4.69, 9.17) is 4.74 Å². The fourth-order valence-corrected chi connectivity index (χ4v) is 1.91. The summed E-state index contributed by atoms with van der Waals surface area (Å²) < 4.78 is 5.83. The van der Waals surface area contributed by atoms with E-state index in [2.05, 4.69) is 62.5 Å². The predicted octanol–water partition coefficient (Wildman–Crippen LogP) is 4.78. The maximum absolute atomic E-state index is 5.83. The molecule has 0 aliphatic rings. The van der Waals surface area contributed by atoms with Crippen molar-refractivity contribution in [1.82, 2.24) is 0 Å². The third-order valence-corrected chi connectivity index (χ3v) is 3.36. The van der Waals surface area contributed by atoms with Crippen molar-refractivity contribution in [2.45, 2.75) is 39.8 Å². The highest BCUT2D eigenvalue weighted by Crippen LogP contribution is 2.19. The highest BCUT2D eigenvalue weighted by Gasteiger charge is 2.02. The molecule has 2 aromatic carbocycles. The average Bonchev–Trinajstić information content (AvgIpc) is 2.47. The zero-order valence-electron chi connectivity index (χ0n) is 12.5. The first-order valence-corrected chi connectivity index (χ1v) is 7.23. The molecule has 2 heteroatoms. The van der Waals surface area contributed by atoms with Gasteiger partial charge < -0.3 is 10.1 Å². The molecule has 106 valence electrons. The van der Waals surface area contributed by atoms with E-state index in [1.165, 1.54) is 11.1 Å². The molecule has 0 bridgehead atoms. The summed E-state index contributed by atoms with van der Waals surface area (Å²) in [4.78, 5) is 0. The Hall–Kier alpha value is -1.96. The van der Waals surface area contributed by atoms with Crippen LogP contribution in [0.1, 0.15) is 31.4 Å². The summed E-state index contributed by atoms with van der Waals surface area (Å²) in [6, 6.07) is 16.7. The van der Waals surface area contributed by atoms with E-state index in [0.717, 1.165) is 24.4 Å². The van der Waals surface area contributed by atoms with Crippen LogP contribution >= 0.6 is 0 Å². The Morgan fingerprint density at radius 1 is 1.10 bits per heavy atom. The molecule has 0 fully saturated rings. The summed E-state index contributed by atoms with van der Waals surface area (Å²) in [7, 11) is 0. The molecule has 0 aliphatic carbocycles. The minimum absolute atomic E-state index is 0.252. The molecule has 0 amide bonds. The molecule has 0 radical (unpaired) electrons. The van der Waals surface area contributed by atoms with E-state index in [0.29, 0.717) is 0 Å². The van der Waals surface area contributed by atoms with Crippen LogP contribution < -0.4 is 10.1 Å². The van der Waals surface area contributed by atoms with Gasteiger partial charge in [0.25, 0.3) is 0 Å². The maximum atomic E-state index is 5.83. The summed E-state index contributed by atoms with van der Waals surface area (Å²) in [6.45, 7) is 7.15. The Labute approximate surface area is 121 Å². The summed E-state index contributed by atoms with van der Waals surface area (Å²) in [5, 5.41) is 3.43. The summed E-state index contributed by atoms with van der Waals surface area (Å²) >= 11 is 0. The van der Waals surface area contributed by atoms with Crippen LogP contribution in [0.2, 0.25) is 0 Å². The Bertz CT molecular complexity index is 533. The van der Waals surface area contributed by atoms with Crippen molar-refractivity contribution in [3.8, 4) is 5.75 Å². The van der Waals surface area contributed by atoms with Crippen molar-refractivity contribution < 1.29 is 4.74 Å². The van der Waals surface area contributed by atoms with Gasteiger partial charge in [-0.2, -0.15) is 0 Å². The first kappa shape index (κ1) is 14.4. The van der Waals surface area contributed by atoms with Gasteiger partial charge in [0, 0.05) is 18.3 Å². The van der Waals surface area contributed by atoms with Gasteiger partial charge in [-0.25, -0.2) is 0 Å². The summed E-state index contributed by atoms with van der Waals surface area (Å²) in [5.74, 6) is 0.924. The molecule has 1 unspecified atom stereocenters. The van der Waals surface area contributed by atoms with Crippen LogP contribution in [0.25, 0.3) is 0 Å². The zero-order valence-corrected chi connectivity index (χ0v) is 12.5. The topological polar surface area (TPSA) is 21.3 Å². The van der Waals surface area contributed by atoms with E-state index >= 15 is 0 Å². The van der Waals surface area contributed by atoms with E-state index in [-0.39, 0.29) is 6.10 Å². The maximum Gasteiger partial charge on any atom is 0.121 e. The molecule has 0 aromatic heterocycles. The third-order valence-electron chi connectivity index (χ3n) is 3.36. The zero-order chi connectivity index (χ0) is 14.4. The molecule has 20 heavy (non-hydrogen) atoms. The largest absolute Gasteiger partial charge is 0.491 e. The summed E-state index contributed by atoms with van der Waals surface area (Å²) in [5.41, 5.74) is 3.66. The van der Waals surface area contributed by atoms with Crippen LogP contribution in [-0.4, -0.2) is 6.10 Å². The predicted molar refractivity (Wildman–Crippen MR) is 85.3 cm³/mol. The number of aryl methyl sites for hydroxylation is 1. The molecule has 2 nitrogen and oxygen atoms in total. The summed E-state index contributed by atoms with van der Waals surface area (Å²) in [6.07, 6.45) is 1.27. The number of hydrogen-bond donors (Lipinski definition) is 1. The standard InChI is InChI=1S/C18H23NO/c1-4-15(3)20-18-7-5-6-17(12-18)19-13-16-10-8-14(2)9-11-16/h5-12,15,19H,4,13H2,1-3H3. The van der Waals surface area contributed by atoms with Gasteiger partial charge in [-0.15, -0.1) is 0 Å². The number of rotatable bonds is 6. The lowest BCUT2D eigenvalue weighted by molar-refractivity contribution is 0.217. The van der Waals surface area contributed by atoms with Gasteiger partial charge in [0.15, 0.2) is 0 Å². The Kier molecular flexibility index (Phi) is 5.05. The van der Waals surface area contributed by atoms with E-state index in [9.17, 15) is 0 Å². The Morgan fingerprint density at radius 2 is 1.85 bits per heavy atom. The van der Waals surface area contributed by atoms with Gasteiger partial charge in [-0.1, -0.05) is 42.8 Å². The second kappa shape index (κ2) is 6.99. The molecule has 2 rings (SSSR count). The van der Waals surface area contributed by atoms with Crippen molar-refractivity contribution in [2.24, 2.45) is 0 Å². The molecule has 2 aromatic rings. The number of anilines is 1. The molecular formula is C18H23NO. The average molecular weight is 269 g/mol. The smallest absolute Gasteiger partial charge is 0.121 e. The molecule has 0 saturated carbocycles. The second-order valence-corrected chi connectivity index (χ2v) is 5.20. The number of nitrogens with one attached hydrogen (secondary N) is 1. The first-order chi connectivity index (χ1) is 9.67. The van der Waals surface area contributed by atoms with Gasteiger partial charge in [-0.3, -0.25) is 0 Å². The molecule has 0 aliphatic heterocycles. The Morgan fingerprint density at radius 3 is 2.55 bits per heavy atom. The molecule has 1 N–H and O–H groups in total. The number of ether oxygens (including phenoxy) is 1. The van der Waals surface area contributed by atoms with Gasteiger partial charge >= 0.3 is 0 Å². The van der Waals surface area contributed by atoms with E-state index in [1.807, 2.05) is 12.1 Å². The molecule has 0 spiro atoms. The van der Waals surface area contributed by atoms with Gasteiger partial charge in [0.1, 0.15) is 5.75 Å². The van der Waals surface area contributed by atoms with Gasteiger partial charge in [0.05, 0.1) is 6.10 Å². The highest BCUT2D eigenvalue weighted by molar-refractivity contribution is 5.48. The quantitative estimate of drug-likeness (QED) is 0.814. The van der Waals surface area contributed by atoms with Crippen molar-refractivity contribution >= 4 is 5.69 Å². The van der Waals surface area contributed by atoms with Gasteiger partial charge in [0.2, 0.25) is 0 Å². The van der Waals surface area contributed by atoms with Crippen LogP contribution in [0.15, 0.2) is 48.5 Å². The SMILES string of the molecule is CCC(C)Oc1cccc(NCc2ccc(C)cc2)c1. The second-order valence-electron chi connectivity index (χ2n) is 5.20. The van der Waals surface area contributed by atoms with Crippen LogP contribution in [0, 0.1) is 6.92 Å². The minimum Gasteiger partial charge on any atom is -0.491 e. The first-order valence-electron chi connectivity index (χ1n) is 7.23. The van der Waals surface area contributed by atoms with E-state index in [1.54, 1.807) is 0 Å². The lowest BCUT2D eigenvalue weighted by Crippen LogP contribution is -2.09. The van der Waals surface area contributed by atoms with Crippen LogP contribution in [0.3, 0.4) is 0 Å². The fourth-order valence-electron chi connectivity index (χ4n) is 1.91. The molecule has 0 saturated heterocycles. The lowest BCUT2D eigenvalue weighted by Gasteiger charge is -2.14. The van der Waals surface area contributed by atoms with Crippen molar-refractivity contribution in [1.29, 1.82) is 0 Å². The number of hydrogen-bond acceptors (Lipinski definition) is 2. The fraction of sp³-hybridized carbons (Fsp3) is 0.333. The van der Waals surface area contributed by atoms with Crippen LogP contribution in [0.4, 0.5) is 5.69 Å². The third kappa shape index (κ3) is 4.30. The molecule has 0 heterocycles.